The second kappa shape index (κ2) is 3.80. The first-order valence-electron chi connectivity index (χ1n) is 5.37. The molecule has 0 saturated heterocycles. The Labute approximate surface area is 90.1 Å². The van der Waals surface area contributed by atoms with E-state index in [1.807, 2.05) is 12.2 Å². The van der Waals surface area contributed by atoms with Gasteiger partial charge in [-0.3, -0.25) is 5.32 Å². The summed E-state index contributed by atoms with van der Waals surface area (Å²) in [7, 11) is 0. The quantitative estimate of drug-likeness (QED) is 0.677. The molecule has 0 spiro atoms. The molecule has 1 fully saturated rings. The molecule has 0 radical (unpaired) electrons. The van der Waals surface area contributed by atoms with Crippen molar-refractivity contribution < 1.29 is 5.11 Å². The Hall–Kier alpha value is -1.11. The summed E-state index contributed by atoms with van der Waals surface area (Å²) < 4.78 is 0. The molecule has 3 aliphatic carbocycles. The molecule has 3 nitrogen and oxygen atoms in total. The highest BCUT2D eigenvalue weighted by molar-refractivity contribution is 5.32. The highest BCUT2D eigenvalue weighted by Gasteiger charge is 2.45. The van der Waals surface area contributed by atoms with Gasteiger partial charge in [-0.05, 0) is 36.8 Å². The predicted octanol–water partition coefficient (Wildman–Crippen LogP) is 1.13. The van der Waals surface area contributed by atoms with E-state index in [0.29, 0.717) is 12.5 Å². The van der Waals surface area contributed by atoms with Gasteiger partial charge < -0.3 is 5.11 Å². The second-order valence-corrected chi connectivity index (χ2v) is 4.40. The molecule has 0 heterocycles. The third-order valence-corrected chi connectivity index (χ3v) is 3.57. The molecule has 15 heavy (non-hydrogen) atoms. The average Bonchev–Trinajstić information content (AvgIpc) is 2.26. The predicted molar refractivity (Wildman–Crippen MR) is 58.0 cm³/mol. The molecule has 2 N–H and O–H groups in total. The van der Waals surface area contributed by atoms with Crippen LogP contribution < -0.4 is 5.32 Å². The lowest BCUT2D eigenvalue weighted by Gasteiger charge is -2.47. The number of aliphatic hydroxyl groups is 1. The number of nitrogens with zero attached hydrogens (tertiary/aromatic N) is 1. The highest BCUT2D eigenvalue weighted by Crippen LogP contribution is 2.43. The Kier molecular flexibility index (Phi) is 2.64. The van der Waals surface area contributed by atoms with Gasteiger partial charge >= 0.3 is 0 Å². The summed E-state index contributed by atoms with van der Waals surface area (Å²) in [6.45, 7) is 4.07. The van der Waals surface area contributed by atoms with E-state index < -0.39 is 5.60 Å². The van der Waals surface area contributed by atoms with Crippen molar-refractivity contribution in [3.63, 3.8) is 0 Å². The summed E-state index contributed by atoms with van der Waals surface area (Å²) in [5.74, 6) is 0.507. The van der Waals surface area contributed by atoms with Gasteiger partial charge in [0.2, 0.25) is 0 Å². The van der Waals surface area contributed by atoms with Crippen LogP contribution in [0, 0.1) is 17.2 Å². The van der Waals surface area contributed by atoms with Gasteiger partial charge in [0.1, 0.15) is 0 Å². The van der Waals surface area contributed by atoms with Crippen LogP contribution in [0.1, 0.15) is 19.3 Å². The van der Waals surface area contributed by atoms with Gasteiger partial charge in [-0.25, -0.2) is 0 Å². The Morgan fingerprint density at radius 2 is 2.60 bits per heavy atom. The number of nitrogens with one attached hydrogen (secondary N) is 1. The van der Waals surface area contributed by atoms with E-state index in [9.17, 15) is 5.11 Å². The maximum atomic E-state index is 10.4. The maximum Gasteiger partial charge on any atom is 0.0986 e. The summed E-state index contributed by atoms with van der Waals surface area (Å²) in [5.41, 5.74) is 0.397. The Bertz CT molecular complexity index is 342. The molecule has 80 valence electrons. The van der Waals surface area contributed by atoms with Gasteiger partial charge in [-0.15, -0.1) is 0 Å². The van der Waals surface area contributed by atoms with E-state index in [2.05, 4.69) is 18.0 Å². The lowest BCUT2D eigenvalue weighted by molar-refractivity contribution is -0.00502. The average molecular weight is 204 g/mol. The molecule has 0 aromatic rings. The van der Waals surface area contributed by atoms with Crippen molar-refractivity contribution in [2.24, 2.45) is 5.92 Å². The molecule has 0 aromatic heterocycles. The fraction of sp³-hybridized carbons (Fsp3) is 0.583. The molecule has 3 atom stereocenters. The van der Waals surface area contributed by atoms with Crippen LogP contribution in [0.3, 0.4) is 0 Å². The molecule has 3 heteroatoms. The van der Waals surface area contributed by atoms with Crippen LogP contribution in [0.15, 0.2) is 24.3 Å². The van der Waals surface area contributed by atoms with Gasteiger partial charge in [-0.2, -0.15) is 5.26 Å². The van der Waals surface area contributed by atoms with Crippen LogP contribution in [0.5, 0.6) is 0 Å². The Morgan fingerprint density at radius 3 is 3.20 bits per heavy atom. The van der Waals surface area contributed by atoms with E-state index in [4.69, 9.17) is 5.26 Å². The number of hydrogen-bond donors (Lipinski definition) is 2. The molecule has 0 aliphatic heterocycles. The standard InChI is InChI=1S/C12H16N2O/c1-2-9-8-12(15)4-3-10(9)7-11(12)14-6-5-13/h2,8,10-11,14-15H,1,3-4,6-7H2/t10-,11-,12+/m1/s1. The largest absolute Gasteiger partial charge is 0.384 e. The first-order chi connectivity index (χ1) is 7.19. The smallest absolute Gasteiger partial charge is 0.0986 e. The molecule has 0 unspecified atom stereocenters. The van der Waals surface area contributed by atoms with E-state index in [0.717, 1.165) is 19.3 Å². The summed E-state index contributed by atoms with van der Waals surface area (Å²) in [6, 6.07) is 2.08. The van der Waals surface area contributed by atoms with Gasteiger partial charge in [0.05, 0.1) is 18.2 Å². The second-order valence-electron chi connectivity index (χ2n) is 4.40. The van der Waals surface area contributed by atoms with E-state index in [1.54, 1.807) is 0 Å². The number of rotatable bonds is 3. The summed E-state index contributed by atoms with van der Waals surface area (Å²) in [4.78, 5) is 0. The first kappa shape index (κ1) is 10.4. The lowest BCUT2D eigenvalue weighted by Crippen LogP contribution is -2.56. The number of nitriles is 1. The zero-order valence-corrected chi connectivity index (χ0v) is 8.74. The lowest BCUT2D eigenvalue weighted by atomic mass is 9.66. The van der Waals surface area contributed by atoms with E-state index in [1.165, 1.54) is 5.57 Å². The first-order valence-corrected chi connectivity index (χ1v) is 5.37. The van der Waals surface area contributed by atoms with E-state index >= 15 is 0 Å². The molecular weight excluding hydrogens is 188 g/mol. The molecule has 3 rings (SSSR count). The topological polar surface area (TPSA) is 56.0 Å². The number of hydrogen-bond acceptors (Lipinski definition) is 3. The zero-order chi connectivity index (χ0) is 10.9. The van der Waals surface area contributed by atoms with Crippen LogP contribution in [0.25, 0.3) is 0 Å². The monoisotopic (exact) mass is 204 g/mol. The van der Waals surface area contributed by atoms with Crippen molar-refractivity contribution in [1.82, 2.24) is 5.32 Å². The van der Waals surface area contributed by atoms with Crippen molar-refractivity contribution in [2.45, 2.75) is 30.9 Å². The molecule has 1 saturated carbocycles. The van der Waals surface area contributed by atoms with Crippen LogP contribution >= 0.6 is 0 Å². The Morgan fingerprint density at radius 1 is 1.80 bits per heavy atom. The third kappa shape index (κ3) is 1.71. The Balaban J connectivity index is 2.18. The van der Waals surface area contributed by atoms with Crippen LogP contribution in [-0.2, 0) is 0 Å². The summed E-state index contributed by atoms with van der Waals surface area (Å²) >= 11 is 0. The van der Waals surface area contributed by atoms with Crippen LogP contribution in [0.2, 0.25) is 0 Å². The van der Waals surface area contributed by atoms with Crippen molar-refractivity contribution in [2.75, 3.05) is 6.54 Å². The molecule has 2 bridgehead atoms. The van der Waals surface area contributed by atoms with Crippen LogP contribution in [-0.4, -0.2) is 23.3 Å². The van der Waals surface area contributed by atoms with Gasteiger partial charge in [0, 0.05) is 6.04 Å². The molecule has 0 aromatic carbocycles. The third-order valence-electron chi connectivity index (χ3n) is 3.57. The van der Waals surface area contributed by atoms with Gasteiger partial charge in [-0.1, -0.05) is 12.7 Å². The SMILES string of the molecule is C=CC1=C[C@@]2(O)CC[C@@H]1C[C@H]2NCC#N. The number of fused-ring (bicyclic) bond motifs is 2. The fourth-order valence-electron chi connectivity index (χ4n) is 2.72. The van der Waals surface area contributed by atoms with Crippen molar-refractivity contribution in [3.05, 3.63) is 24.3 Å². The van der Waals surface area contributed by atoms with Gasteiger partial charge in [0.15, 0.2) is 0 Å². The van der Waals surface area contributed by atoms with Gasteiger partial charge in [0.25, 0.3) is 0 Å². The minimum atomic E-state index is -0.769. The molecular formula is C12H16N2O. The van der Waals surface area contributed by atoms with Crippen molar-refractivity contribution in [3.8, 4) is 6.07 Å². The minimum absolute atomic E-state index is 0.0274. The normalized spacial score (nSPS) is 38.3. The summed E-state index contributed by atoms with van der Waals surface area (Å²) in [5, 5.41) is 22.0. The van der Waals surface area contributed by atoms with Crippen molar-refractivity contribution in [1.29, 1.82) is 5.26 Å². The molecule has 0 amide bonds. The zero-order valence-electron chi connectivity index (χ0n) is 8.74. The highest BCUT2D eigenvalue weighted by atomic mass is 16.3. The van der Waals surface area contributed by atoms with Crippen LogP contribution in [0.4, 0.5) is 0 Å². The number of allylic oxidation sites excluding steroid dienone is 2. The van der Waals surface area contributed by atoms with E-state index in [-0.39, 0.29) is 6.04 Å². The minimum Gasteiger partial charge on any atom is -0.384 e. The fourth-order valence-corrected chi connectivity index (χ4v) is 2.72. The molecule has 3 aliphatic rings. The maximum absolute atomic E-state index is 10.4. The van der Waals surface area contributed by atoms with Crippen molar-refractivity contribution >= 4 is 0 Å². The summed E-state index contributed by atoms with van der Waals surface area (Å²) in [6.07, 6.45) is 6.50.